The van der Waals surface area contributed by atoms with Gasteiger partial charge in [-0.05, 0) is 37.8 Å². The Bertz CT molecular complexity index is 364. The zero-order valence-electron chi connectivity index (χ0n) is 11.6. The third-order valence-electron chi connectivity index (χ3n) is 3.69. The van der Waals surface area contributed by atoms with Crippen molar-refractivity contribution in [2.75, 3.05) is 12.3 Å². The molecule has 0 bridgehead atoms. The lowest BCUT2D eigenvalue weighted by molar-refractivity contribution is -0.0633. The lowest BCUT2D eigenvalue weighted by Gasteiger charge is -2.37. The van der Waals surface area contributed by atoms with Gasteiger partial charge in [-0.15, -0.1) is 0 Å². The maximum atomic E-state index is 6.35. The number of anilines is 1. The first-order chi connectivity index (χ1) is 8.59. The van der Waals surface area contributed by atoms with E-state index in [4.69, 9.17) is 16.2 Å². The zero-order chi connectivity index (χ0) is 13.6. The van der Waals surface area contributed by atoms with Crippen molar-refractivity contribution in [3.8, 4) is 0 Å². The minimum absolute atomic E-state index is 0.0704. The van der Waals surface area contributed by atoms with Crippen LogP contribution in [0.1, 0.15) is 39.2 Å². The number of nitrogen functional groups attached to an aromatic ring is 1. The van der Waals surface area contributed by atoms with Crippen molar-refractivity contribution in [3.63, 3.8) is 0 Å². The van der Waals surface area contributed by atoms with E-state index in [1.807, 2.05) is 13.0 Å². The molecule has 0 saturated heterocycles. The standard InChI is InChI=1S/C14H25N3O/c1-4-14(5-2,18-6-3)13(16)9-11-10-17-8-7-12(11)15/h7-8,10,13H,4-6,9,16H2,1-3H3,(H2,15,17). The summed E-state index contributed by atoms with van der Waals surface area (Å²) in [4.78, 5) is 4.10. The van der Waals surface area contributed by atoms with Gasteiger partial charge in [0.15, 0.2) is 0 Å². The summed E-state index contributed by atoms with van der Waals surface area (Å²) in [6.45, 7) is 6.92. The summed E-state index contributed by atoms with van der Waals surface area (Å²) in [7, 11) is 0. The van der Waals surface area contributed by atoms with Gasteiger partial charge < -0.3 is 16.2 Å². The van der Waals surface area contributed by atoms with Crippen LogP contribution in [0.2, 0.25) is 0 Å². The number of hydrogen-bond donors (Lipinski definition) is 2. The molecule has 1 heterocycles. The van der Waals surface area contributed by atoms with Gasteiger partial charge >= 0.3 is 0 Å². The number of nitrogens with zero attached hydrogens (tertiary/aromatic N) is 1. The Morgan fingerprint density at radius 1 is 1.33 bits per heavy atom. The summed E-state index contributed by atoms with van der Waals surface area (Å²) in [5, 5.41) is 0. The summed E-state index contributed by atoms with van der Waals surface area (Å²) in [5.41, 5.74) is 13.8. The van der Waals surface area contributed by atoms with Crippen LogP contribution in [0.5, 0.6) is 0 Å². The number of ether oxygens (including phenoxy) is 1. The molecule has 0 saturated carbocycles. The highest BCUT2D eigenvalue weighted by molar-refractivity contribution is 5.44. The van der Waals surface area contributed by atoms with E-state index in [9.17, 15) is 0 Å². The fourth-order valence-electron chi connectivity index (χ4n) is 2.40. The van der Waals surface area contributed by atoms with Crippen molar-refractivity contribution in [1.29, 1.82) is 0 Å². The normalized spacial score (nSPS) is 13.6. The molecule has 1 atom stereocenters. The smallest absolute Gasteiger partial charge is 0.0830 e. The van der Waals surface area contributed by atoms with Gasteiger partial charge in [-0.1, -0.05) is 13.8 Å². The zero-order valence-corrected chi connectivity index (χ0v) is 11.6. The van der Waals surface area contributed by atoms with Crippen molar-refractivity contribution in [3.05, 3.63) is 24.0 Å². The van der Waals surface area contributed by atoms with Gasteiger partial charge in [-0.25, -0.2) is 0 Å². The average molecular weight is 251 g/mol. The minimum Gasteiger partial charge on any atom is -0.398 e. The molecular weight excluding hydrogens is 226 g/mol. The van der Waals surface area contributed by atoms with E-state index in [1.165, 1.54) is 0 Å². The third-order valence-corrected chi connectivity index (χ3v) is 3.69. The second-order valence-corrected chi connectivity index (χ2v) is 4.59. The van der Waals surface area contributed by atoms with E-state index in [0.717, 1.165) is 24.1 Å². The van der Waals surface area contributed by atoms with Gasteiger partial charge in [0.2, 0.25) is 0 Å². The fraction of sp³-hybridized carbons (Fsp3) is 0.643. The molecule has 102 valence electrons. The molecule has 0 fully saturated rings. The molecule has 0 amide bonds. The molecule has 1 aromatic heterocycles. The molecule has 1 rings (SSSR count). The number of pyridine rings is 1. The number of nitrogens with two attached hydrogens (primary N) is 2. The summed E-state index contributed by atoms with van der Waals surface area (Å²) in [5.74, 6) is 0. The average Bonchev–Trinajstić information content (AvgIpc) is 2.38. The Balaban J connectivity index is 2.85. The van der Waals surface area contributed by atoms with Crippen LogP contribution >= 0.6 is 0 Å². The van der Waals surface area contributed by atoms with Gasteiger partial charge in [-0.3, -0.25) is 4.98 Å². The van der Waals surface area contributed by atoms with E-state index in [0.29, 0.717) is 13.0 Å². The van der Waals surface area contributed by atoms with Crippen molar-refractivity contribution in [2.24, 2.45) is 5.73 Å². The first-order valence-electron chi connectivity index (χ1n) is 6.67. The SMILES string of the molecule is CCOC(CC)(CC)C(N)Cc1cnccc1N. The number of aromatic nitrogens is 1. The first-order valence-corrected chi connectivity index (χ1v) is 6.67. The molecule has 1 aromatic rings. The molecule has 0 radical (unpaired) electrons. The lowest BCUT2D eigenvalue weighted by Crippen LogP contribution is -2.50. The minimum atomic E-state index is -0.267. The Kier molecular flexibility index (Phi) is 5.56. The van der Waals surface area contributed by atoms with Crippen LogP contribution in [0.3, 0.4) is 0 Å². The van der Waals surface area contributed by atoms with Gasteiger partial charge in [-0.2, -0.15) is 0 Å². The molecule has 0 aliphatic heterocycles. The van der Waals surface area contributed by atoms with Crippen LogP contribution in [0.25, 0.3) is 0 Å². The van der Waals surface area contributed by atoms with Crippen molar-refractivity contribution in [2.45, 2.75) is 51.7 Å². The van der Waals surface area contributed by atoms with Gasteiger partial charge in [0.25, 0.3) is 0 Å². The van der Waals surface area contributed by atoms with E-state index in [2.05, 4.69) is 18.8 Å². The van der Waals surface area contributed by atoms with Gasteiger partial charge in [0, 0.05) is 30.7 Å². The Labute approximate surface area is 110 Å². The van der Waals surface area contributed by atoms with Gasteiger partial charge in [0.1, 0.15) is 0 Å². The van der Waals surface area contributed by atoms with Crippen molar-refractivity contribution in [1.82, 2.24) is 4.98 Å². The van der Waals surface area contributed by atoms with E-state index in [-0.39, 0.29) is 11.6 Å². The lowest BCUT2D eigenvalue weighted by atomic mass is 9.85. The fourth-order valence-corrected chi connectivity index (χ4v) is 2.40. The molecule has 0 spiro atoms. The summed E-state index contributed by atoms with van der Waals surface area (Å²) in [6.07, 6.45) is 5.98. The largest absolute Gasteiger partial charge is 0.398 e. The molecule has 1 unspecified atom stereocenters. The topological polar surface area (TPSA) is 74.2 Å². The second kappa shape index (κ2) is 6.71. The first kappa shape index (κ1) is 14.9. The highest BCUT2D eigenvalue weighted by atomic mass is 16.5. The van der Waals surface area contributed by atoms with Crippen LogP contribution in [0.15, 0.2) is 18.5 Å². The molecular formula is C14H25N3O. The molecule has 4 heteroatoms. The number of rotatable bonds is 7. The molecule has 0 aliphatic carbocycles. The summed E-state index contributed by atoms with van der Waals surface area (Å²) in [6, 6.07) is 1.74. The maximum Gasteiger partial charge on any atom is 0.0830 e. The molecule has 4 nitrogen and oxygen atoms in total. The van der Waals surface area contributed by atoms with E-state index < -0.39 is 0 Å². The van der Waals surface area contributed by atoms with Crippen LogP contribution in [0.4, 0.5) is 5.69 Å². The molecule has 4 N–H and O–H groups in total. The Hall–Kier alpha value is -1.13. The summed E-state index contributed by atoms with van der Waals surface area (Å²) < 4.78 is 5.92. The summed E-state index contributed by atoms with van der Waals surface area (Å²) >= 11 is 0. The Morgan fingerprint density at radius 3 is 2.50 bits per heavy atom. The monoisotopic (exact) mass is 251 g/mol. The van der Waals surface area contributed by atoms with E-state index >= 15 is 0 Å². The molecule has 18 heavy (non-hydrogen) atoms. The quantitative estimate of drug-likeness (QED) is 0.778. The van der Waals surface area contributed by atoms with Crippen LogP contribution in [0, 0.1) is 0 Å². The Morgan fingerprint density at radius 2 is 2.00 bits per heavy atom. The van der Waals surface area contributed by atoms with Gasteiger partial charge in [0.05, 0.1) is 5.60 Å². The van der Waals surface area contributed by atoms with Crippen LogP contribution in [-0.2, 0) is 11.2 Å². The highest BCUT2D eigenvalue weighted by Crippen LogP contribution is 2.27. The highest BCUT2D eigenvalue weighted by Gasteiger charge is 2.34. The van der Waals surface area contributed by atoms with E-state index in [1.54, 1.807) is 12.4 Å². The maximum absolute atomic E-state index is 6.35. The predicted octanol–water partition coefficient (Wildman–Crippen LogP) is 2.13. The van der Waals surface area contributed by atoms with Crippen molar-refractivity contribution >= 4 is 5.69 Å². The van der Waals surface area contributed by atoms with Crippen LogP contribution in [-0.4, -0.2) is 23.2 Å². The van der Waals surface area contributed by atoms with Crippen molar-refractivity contribution < 1.29 is 4.74 Å². The molecule has 0 aliphatic rings. The second-order valence-electron chi connectivity index (χ2n) is 4.59. The number of hydrogen-bond acceptors (Lipinski definition) is 4. The predicted molar refractivity (Wildman–Crippen MR) is 75.3 cm³/mol. The molecule has 0 aromatic carbocycles. The third kappa shape index (κ3) is 3.21. The van der Waals surface area contributed by atoms with Crippen LogP contribution < -0.4 is 11.5 Å².